The number of rotatable bonds is 3. The van der Waals surface area contributed by atoms with Crippen molar-refractivity contribution in [1.82, 2.24) is 4.98 Å². The van der Waals surface area contributed by atoms with Crippen molar-refractivity contribution >= 4 is 10.9 Å². The second-order valence-electron chi connectivity index (χ2n) is 6.57. The molecular formula is C21H23NO. The largest absolute Gasteiger partial charge is 0.457 e. The van der Waals surface area contributed by atoms with Gasteiger partial charge in [-0.1, -0.05) is 32.0 Å². The summed E-state index contributed by atoms with van der Waals surface area (Å²) in [5.41, 5.74) is 5.71. The van der Waals surface area contributed by atoms with Crippen LogP contribution in [-0.4, -0.2) is 4.98 Å². The molecular weight excluding hydrogens is 282 g/mol. The van der Waals surface area contributed by atoms with Crippen LogP contribution in [0.2, 0.25) is 0 Å². The SMILES string of the molecule is Cc1cc(C)c2nc(C)cc(Oc3ccc(C(C)C)cc3)c2c1. The highest BCUT2D eigenvalue weighted by Crippen LogP contribution is 2.32. The Morgan fingerprint density at radius 2 is 1.61 bits per heavy atom. The summed E-state index contributed by atoms with van der Waals surface area (Å²) in [6, 6.07) is 14.7. The van der Waals surface area contributed by atoms with Crippen LogP contribution in [0.3, 0.4) is 0 Å². The summed E-state index contributed by atoms with van der Waals surface area (Å²) < 4.78 is 6.18. The lowest BCUT2D eigenvalue weighted by Crippen LogP contribution is -1.94. The first kappa shape index (κ1) is 15.5. The number of ether oxygens (including phenoxy) is 1. The minimum atomic E-state index is 0.526. The molecule has 1 heterocycles. The molecule has 2 heteroatoms. The van der Waals surface area contributed by atoms with E-state index in [-0.39, 0.29) is 0 Å². The Kier molecular flexibility index (Phi) is 4.08. The van der Waals surface area contributed by atoms with Crippen LogP contribution in [0, 0.1) is 20.8 Å². The van der Waals surface area contributed by atoms with Crippen molar-refractivity contribution in [2.45, 2.75) is 40.5 Å². The van der Waals surface area contributed by atoms with Crippen molar-refractivity contribution in [3.63, 3.8) is 0 Å². The van der Waals surface area contributed by atoms with E-state index in [1.807, 2.05) is 25.1 Å². The number of aromatic nitrogens is 1. The van der Waals surface area contributed by atoms with E-state index in [0.717, 1.165) is 28.1 Å². The molecule has 0 atom stereocenters. The van der Waals surface area contributed by atoms with Gasteiger partial charge in [-0.25, -0.2) is 0 Å². The Balaban J connectivity index is 2.05. The minimum Gasteiger partial charge on any atom is -0.457 e. The maximum atomic E-state index is 6.18. The van der Waals surface area contributed by atoms with Gasteiger partial charge in [-0.15, -0.1) is 0 Å². The number of hydrogen-bond donors (Lipinski definition) is 0. The van der Waals surface area contributed by atoms with Crippen LogP contribution in [0.1, 0.15) is 42.1 Å². The molecule has 0 aliphatic rings. The van der Waals surface area contributed by atoms with Crippen LogP contribution >= 0.6 is 0 Å². The maximum Gasteiger partial charge on any atom is 0.138 e. The highest BCUT2D eigenvalue weighted by atomic mass is 16.5. The van der Waals surface area contributed by atoms with Crippen molar-refractivity contribution in [3.05, 3.63) is 64.8 Å². The molecule has 0 saturated heterocycles. The van der Waals surface area contributed by atoms with Crippen LogP contribution in [0.15, 0.2) is 42.5 Å². The monoisotopic (exact) mass is 305 g/mol. The van der Waals surface area contributed by atoms with E-state index in [1.54, 1.807) is 0 Å². The molecule has 2 nitrogen and oxygen atoms in total. The van der Waals surface area contributed by atoms with E-state index >= 15 is 0 Å². The molecule has 0 bridgehead atoms. The third-order valence-corrected chi connectivity index (χ3v) is 4.11. The average molecular weight is 305 g/mol. The molecule has 0 spiro atoms. The third-order valence-electron chi connectivity index (χ3n) is 4.11. The van der Waals surface area contributed by atoms with E-state index in [9.17, 15) is 0 Å². The molecule has 1 aromatic heterocycles. The Morgan fingerprint density at radius 1 is 0.913 bits per heavy atom. The van der Waals surface area contributed by atoms with Gasteiger partial charge in [0.15, 0.2) is 0 Å². The standard InChI is InChI=1S/C21H23NO/c1-13(2)17-6-8-18(9-7-17)23-20-12-16(5)22-21-15(4)10-14(3)11-19(20)21/h6-13H,1-5H3. The highest BCUT2D eigenvalue weighted by molar-refractivity contribution is 5.88. The molecule has 0 fully saturated rings. The van der Waals surface area contributed by atoms with Crippen molar-refractivity contribution in [1.29, 1.82) is 0 Å². The van der Waals surface area contributed by atoms with Crippen LogP contribution in [0.25, 0.3) is 10.9 Å². The topological polar surface area (TPSA) is 22.1 Å². The van der Waals surface area contributed by atoms with Crippen molar-refractivity contribution < 1.29 is 4.74 Å². The van der Waals surface area contributed by atoms with Gasteiger partial charge in [-0.05, 0) is 61.6 Å². The van der Waals surface area contributed by atoms with E-state index < -0.39 is 0 Å². The molecule has 0 amide bonds. The summed E-state index contributed by atoms with van der Waals surface area (Å²) in [5, 5.41) is 1.07. The molecule has 0 saturated carbocycles. The molecule has 3 rings (SSSR count). The Labute approximate surface area is 138 Å². The summed E-state index contributed by atoms with van der Waals surface area (Å²) in [6.07, 6.45) is 0. The minimum absolute atomic E-state index is 0.526. The summed E-state index contributed by atoms with van der Waals surface area (Å²) in [5.74, 6) is 2.26. The average Bonchev–Trinajstić information content (AvgIpc) is 2.49. The van der Waals surface area contributed by atoms with Crippen LogP contribution in [0.5, 0.6) is 11.5 Å². The Morgan fingerprint density at radius 3 is 2.26 bits per heavy atom. The van der Waals surface area contributed by atoms with Crippen LogP contribution in [0.4, 0.5) is 0 Å². The second kappa shape index (κ2) is 6.04. The van der Waals surface area contributed by atoms with E-state index in [2.05, 4.69) is 56.9 Å². The number of aryl methyl sites for hydroxylation is 3. The van der Waals surface area contributed by atoms with Gasteiger partial charge in [0.1, 0.15) is 11.5 Å². The molecule has 0 N–H and O–H groups in total. The van der Waals surface area contributed by atoms with E-state index in [4.69, 9.17) is 4.74 Å². The predicted octanol–water partition coefficient (Wildman–Crippen LogP) is 6.08. The molecule has 0 unspecified atom stereocenters. The fraction of sp³-hybridized carbons (Fsp3) is 0.286. The third kappa shape index (κ3) is 3.21. The zero-order valence-corrected chi connectivity index (χ0v) is 14.5. The van der Waals surface area contributed by atoms with Gasteiger partial charge < -0.3 is 4.74 Å². The molecule has 0 radical (unpaired) electrons. The zero-order chi connectivity index (χ0) is 16.6. The fourth-order valence-electron chi connectivity index (χ4n) is 2.90. The maximum absolute atomic E-state index is 6.18. The number of hydrogen-bond acceptors (Lipinski definition) is 2. The van der Waals surface area contributed by atoms with Gasteiger partial charge in [-0.3, -0.25) is 4.98 Å². The predicted molar refractivity (Wildman–Crippen MR) is 96.6 cm³/mol. The van der Waals surface area contributed by atoms with Gasteiger partial charge in [0, 0.05) is 17.1 Å². The first-order valence-corrected chi connectivity index (χ1v) is 8.10. The van der Waals surface area contributed by atoms with E-state index in [1.165, 1.54) is 16.7 Å². The van der Waals surface area contributed by atoms with Gasteiger partial charge in [-0.2, -0.15) is 0 Å². The number of pyridine rings is 1. The van der Waals surface area contributed by atoms with Gasteiger partial charge >= 0.3 is 0 Å². The highest BCUT2D eigenvalue weighted by Gasteiger charge is 2.10. The lowest BCUT2D eigenvalue weighted by Gasteiger charge is -2.13. The smallest absolute Gasteiger partial charge is 0.138 e. The van der Waals surface area contributed by atoms with Crippen LogP contribution < -0.4 is 4.74 Å². The summed E-state index contributed by atoms with van der Waals surface area (Å²) in [7, 11) is 0. The Bertz CT molecular complexity index is 848. The van der Waals surface area contributed by atoms with Crippen molar-refractivity contribution in [3.8, 4) is 11.5 Å². The zero-order valence-electron chi connectivity index (χ0n) is 14.5. The van der Waals surface area contributed by atoms with Crippen molar-refractivity contribution in [2.75, 3.05) is 0 Å². The van der Waals surface area contributed by atoms with Gasteiger partial charge in [0.25, 0.3) is 0 Å². The molecule has 23 heavy (non-hydrogen) atoms. The van der Waals surface area contributed by atoms with E-state index in [0.29, 0.717) is 5.92 Å². The van der Waals surface area contributed by atoms with Crippen LogP contribution in [-0.2, 0) is 0 Å². The van der Waals surface area contributed by atoms with Gasteiger partial charge in [0.05, 0.1) is 5.52 Å². The lowest BCUT2D eigenvalue weighted by atomic mass is 10.0. The summed E-state index contributed by atoms with van der Waals surface area (Å²) in [4.78, 5) is 4.68. The number of fused-ring (bicyclic) bond motifs is 1. The quantitative estimate of drug-likeness (QED) is 0.585. The second-order valence-corrected chi connectivity index (χ2v) is 6.57. The molecule has 3 aromatic rings. The summed E-state index contributed by atoms with van der Waals surface area (Å²) in [6.45, 7) is 10.6. The molecule has 118 valence electrons. The fourth-order valence-corrected chi connectivity index (χ4v) is 2.90. The normalized spacial score (nSPS) is 11.2. The molecule has 0 aliphatic carbocycles. The van der Waals surface area contributed by atoms with Gasteiger partial charge in [0.2, 0.25) is 0 Å². The first-order valence-electron chi connectivity index (χ1n) is 8.10. The number of benzene rings is 2. The molecule has 2 aromatic carbocycles. The first-order chi connectivity index (χ1) is 10.9. The lowest BCUT2D eigenvalue weighted by molar-refractivity contribution is 0.487. The van der Waals surface area contributed by atoms with Crippen molar-refractivity contribution in [2.24, 2.45) is 0 Å². The summed E-state index contributed by atoms with van der Waals surface area (Å²) >= 11 is 0. The Hall–Kier alpha value is -2.35. The number of nitrogens with zero attached hydrogens (tertiary/aromatic N) is 1. The molecule has 0 aliphatic heterocycles.